The molecule has 0 heterocycles. The van der Waals surface area contributed by atoms with E-state index >= 15 is 0 Å². The van der Waals surface area contributed by atoms with Crippen LogP contribution in [0.25, 0.3) is 6.08 Å². The van der Waals surface area contributed by atoms with Gasteiger partial charge in [-0.2, -0.15) is 5.26 Å². The number of hydrogen-bond donors (Lipinski definition) is 0. The molecule has 27 heavy (non-hydrogen) atoms. The summed E-state index contributed by atoms with van der Waals surface area (Å²) < 4.78 is 16.2. The molecule has 0 aliphatic heterocycles. The third-order valence-corrected chi connectivity index (χ3v) is 3.45. The first-order chi connectivity index (χ1) is 13.2. The fourth-order valence-corrected chi connectivity index (χ4v) is 2.23. The summed E-state index contributed by atoms with van der Waals surface area (Å²) in [7, 11) is 0. The average molecular weight is 361 g/mol. The number of rotatable bonds is 9. The number of carbonyl (C=O) groups excluding carboxylic acids is 1. The van der Waals surface area contributed by atoms with Crippen molar-refractivity contribution in [2.24, 2.45) is 0 Å². The van der Waals surface area contributed by atoms with E-state index in [9.17, 15) is 4.79 Å². The third-order valence-electron chi connectivity index (χ3n) is 3.45. The smallest absolute Gasteiger partial charge is 0.185 e. The van der Waals surface area contributed by atoms with Crippen molar-refractivity contribution in [3.8, 4) is 35.7 Å². The molecule has 5 nitrogen and oxygen atoms in total. The van der Waals surface area contributed by atoms with Gasteiger partial charge in [-0.05, 0) is 55.0 Å². The zero-order valence-corrected chi connectivity index (χ0v) is 15.0. The van der Waals surface area contributed by atoms with Gasteiger partial charge in [-0.1, -0.05) is 18.1 Å². The van der Waals surface area contributed by atoms with Gasteiger partial charge in [0.1, 0.15) is 18.4 Å². The van der Waals surface area contributed by atoms with Crippen molar-refractivity contribution >= 4 is 11.9 Å². The zero-order chi connectivity index (χ0) is 19.5. The number of allylic oxidation sites excluding steroid dienone is 1. The Balaban J connectivity index is 2.09. The van der Waals surface area contributed by atoms with Crippen LogP contribution in [0.5, 0.6) is 17.2 Å². The molecule has 0 unspecified atom stereocenters. The highest BCUT2D eigenvalue weighted by atomic mass is 16.5. The maximum atomic E-state index is 12.3. The van der Waals surface area contributed by atoms with E-state index in [1.807, 2.05) is 19.1 Å². The Hall–Kier alpha value is -3.70. The highest BCUT2D eigenvalue weighted by molar-refractivity contribution is 6.06. The van der Waals surface area contributed by atoms with Crippen molar-refractivity contribution in [2.45, 2.75) is 6.92 Å². The minimum atomic E-state index is -0.146. The lowest BCUT2D eigenvalue weighted by molar-refractivity contribution is 0.104. The van der Waals surface area contributed by atoms with E-state index in [2.05, 4.69) is 5.92 Å². The molecule has 136 valence electrons. The molecule has 0 spiro atoms. The van der Waals surface area contributed by atoms with Crippen molar-refractivity contribution in [3.05, 3.63) is 59.7 Å². The summed E-state index contributed by atoms with van der Waals surface area (Å²) in [6.07, 6.45) is 8.40. The van der Waals surface area contributed by atoms with E-state index in [0.717, 1.165) is 5.56 Å². The summed E-state index contributed by atoms with van der Waals surface area (Å²) in [5.74, 6) is 3.94. The fourth-order valence-electron chi connectivity index (χ4n) is 2.23. The molecule has 5 heteroatoms. The van der Waals surface area contributed by atoms with Crippen molar-refractivity contribution in [3.63, 3.8) is 0 Å². The van der Waals surface area contributed by atoms with Crippen LogP contribution in [0.3, 0.4) is 0 Å². The number of nitriles is 1. The van der Waals surface area contributed by atoms with Crippen LogP contribution in [0.2, 0.25) is 0 Å². The molecule has 2 aromatic carbocycles. The first kappa shape index (κ1) is 19.6. The van der Waals surface area contributed by atoms with Gasteiger partial charge >= 0.3 is 0 Å². The molecule has 0 atom stereocenters. The van der Waals surface area contributed by atoms with Crippen LogP contribution in [-0.2, 0) is 0 Å². The Kier molecular flexibility index (Phi) is 7.51. The molecule has 0 amide bonds. The molecule has 0 aliphatic rings. The quantitative estimate of drug-likeness (QED) is 0.385. The Morgan fingerprint density at radius 1 is 1.07 bits per heavy atom. The van der Waals surface area contributed by atoms with E-state index in [-0.39, 0.29) is 19.0 Å². The van der Waals surface area contributed by atoms with E-state index in [1.165, 1.54) is 6.08 Å². The molecule has 0 aliphatic carbocycles. The average Bonchev–Trinajstić information content (AvgIpc) is 2.70. The Bertz CT molecular complexity index is 886. The lowest BCUT2D eigenvalue weighted by Gasteiger charge is -2.10. The van der Waals surface area contributed by atoms with Crippen LogP contribution in [-0.4, -0.2) is 25.6 Å². The van der Waals surface area contributed by atoms with Gasteiger partial charge in [0.2, 0.25) is 0 Å². The van der Waals surface area contributed by atoms with Gasteiger partial charge in [-0.3, -0.25) is 4.79 Å². The number of nitrogens with zero attached hydrogens (tertiary/aromatic N) is 1. The monoisotopic (exact) mass is 361 g/mol. The molecule has 2 rings (SSSR count). The summed E-state index contributed by atoms with van der Waals surface area (Å²) in [5, 5.41) is 8.50. The lowest BCUT2D eigenvalue weighted by Crippen LogP contribution is -1.99. The van der Waals surface area contributed by atoms with Crippen molar-refractivity contribution < 1.29 is 19.0 Å². The highest BCUT2D eigenvalue weighted by Gasteiger charge is 2.06. The van der Waals surface area contributed by atoms with Crippen LogP contribution in [0.4, 0.5) is 0 Å². The van der Waals surface area contributed by atoms with Crippen LogP contribution in [0, 0.1) is 23.7 Å². The normalized spacial score (nSPS) is 10.0. The Morgan fingerprint density at radius 3 is 2.52 bits per heavy atom. The van der Waals surface area contributed by atoms with E-state index in [4.69, 9.17) is 25.9 Å². The molecule has 0 N–H and O–H groups in total. The SMILES string of the molecule is C#CCOc1ccc(/C=C/C(=O)c2ccc(OCC#N)cc2)cc1OCC. The summed E-state index contributed by atoms with van der Waals surface area (Å²) >= 11 is 0. The first-order valence-electron chi connectivity index (χ1n) is 8.33. The predicted molar refractivity (Wildman–Crippen MR) is 103 cm³/mol. The Labute approximate surface area is 158 Å². The number of hydrogen-bond acceptors (Lipinski definition) is 5. The zero-order valence-electron chi connectivity index (χ0n) is 15.0. The maximum absolute atomic E-state index is 12.3. The Morgan fingerprint density at radius 2 is 1.85 bits per heavy atom. The minimum absolute atomic E-state index is 0.0313. The van der Waals surface area contributed by atoms with Crippen molar-refractivity contribution in [1.29, 1.82) is 5.26 Å². The number of carbonyl (C=O) groups is 1. The second-order valence-corrected chi connectivity index (χ2v) is 5.30. The predicted octanol–water partition coefficient (Wildman–Crippen LogP) is 3.90. The second-order valence-electron chi connectivity index (χ2n) is 5.30. The van der Waals surface area contributed by atoms with E-state index < -0.39 is 0 Å². The summed E-state index contributed by atoms with van der Waals surface area (Å²) in [6, 6.07) is 13.9. The highest BCUT2D eigenvalue weighted by Crippen LogP contribution is 2.29. The molecule has 0 radical (unpaired) electrons. The standard InChI is InChI=1S/C22H19NO4/c1-3-14-27-21-12-6-17(16-22(21)25-4-2)5-11-20(24)18-7-9-19(10-8-18)26-15-13-23/h1,5-12,16H,4,14-15H2,2H3/b11-5+. The first-order valence-corrected chi connectivity index (χ1v) is 8.33. The van der Waals surface area contributed by atoms with E-state index in [0.29, 0.717) is 29.4 Å². The van der Waals surface area contributed by atoms with Crippen LogP contribution >= 0.6 is 0 Å². The maximum Gasteiger partial charge on any atom is 0.185 e. The van der Waals surface area contributed by atoms with E-state index in [1.54, 1.807) is 42.5 Å². The van der Waals surface area contributed by atoms with Gasteiger partial charge in [0, 0.05) is 5.56 Å². The topological polar surface area (TPSA) is 68.5 Å². The summed E-state index contributed by atoms with van der Waals surface area (Å²) in [4.78, 5) is 12.3. The second kappa shape index (κ2) is 10.3. The number of ketones is 1. The third kappa shape index (κ3) is 5.95. The van der Waals surface area contributed by atoms with Crippen molar-refractivity contribution in [1.82, 2.24) is 0 Å². The number of benzene rings is 2. The minimum Gasteiger partial charge on any atom is -0.490 e. The summed E-state index contributed by atoms with van der Waals surface area (Å²) in [6.45, 7) is 2.48. The molecule has 0 fully saturated rings. The fraction of sp³-hybridized carbons (Fsp3) is 0.182. The molecular weight excluding hydrogens is 342 g/mol. The summed E-state index contributed by atoms with van der Waals surface area (Å²) in [5.41, 5.74) is 1.32. The molecular formula is C22H19NO4. The lowest BCUT2D eigenvalue weighted by atomic mass is 10.1. The van der Waals surface area contributed by atoms with Crippen LogP contribution in [0.1, 0.15) is 22.8 Å². The largest absolute Gasteiger partial charge is 0.490 e. The van der Waals surface area contributed by atoms with Gasteiger partial charge < -0.3 is 14.2 Å². The molecule has 0 aromatic heterocycles. The molecule has 0 bridgehead atoms. The van der Waals surface area contributed by atoms with Gasteiger partial charge in [0.05, 0.1) is 6.61 Å². The number of terminal acetylenes is 1. The molecule has 0 saturated carbocycles. The van der Waals surface area contributed by atoms with Gasteiger partial charge in [0.15, 0.2) is 23.9 Å². The number of ether oxygens (including phenoxy) is 3. The van der Waals surface area contributed by atoms with Crippen molar-refractivity contribution in [2.75, 3.05) is 19.8 Å². The molecule has 0 saturated heterocycles. The van der Waals surface area contributed by atoms with Gasteiger partial charge in [0.25, 0.3) is 0 Å². The van der Waals surface area contributed by atoms with Gasteiger partial charge in [-0.15, -0.1) is 6.42 Å². The van der Waals surface area contributed by atoms with Crippen LogP contribution in [0.15, 0.2) is 48.5 Å². The van der Waals surface area contributed by atoms with Crippen LogP contribution < -0.4 is 14.2 Å². The van der Waals surface area contributed by atoms with Gasteiger partial charge in [-0.25, -0.2) is 0 Å². The molecule has 2 aromatic rings.